The van der Waals surface area contributed by atoms with E-state index in [-0.39, 0.29) is 5.91 Å². The molecule has 7 nitrogen and oxygen atoms in total. The van der Waals surface area contributed by atoms with E-state index in [0.717, 1.165) is 9.75 Å². The molecule has 0 bridgehead atoms. The first-order valence-electron chi connectivity index (χ1n) is 7.46. The van der Waals surface area contributed by atoms with Gasteiger partial charge in [-0.05, 0) is 25.1 Å². The molecule has 8 heteroatoms. The summed E-state index contributed by atoms with van der Waals surface area (Å²) in [6.07, 6.45) is 0. The molecule has 0 saturated carbocycles. The van der Waals surface area contributed by atoms with E-state index in [1.165, 1.54) is 25.6 Å². The molecule has 0 aliphatic heterocycles. The zero-order valence-electron chi connectivity index (χ0n) is 14.2. The summed E-state index contributed by atoms with van der Waals surface area (Å²) < 4.78 is 16.0. The highest BCUT2D eigenvalue weighted by Gasteiger charge is 2.19. The molecule has 0 atom stereocenters. The molecule has 0 aliphatic carbocycles. The van der Waals surface area contributed by atoms with Crippen LogP contribution in [0.4, 0.5) is 5.69 Å². The summed E-state index contributed by atoms with van der Waals surface area (Å²) in [7, 11) is 3.03. The van der Waals surface area contributed by atoms with E-state index in [1.54, 1.807) is 25.1 Å². The van der Waals surface area contributed by atoms with Crippen LogP contribution in [0.2, 0.25) is 0 Å². The highest BCUT2D eigenvalue weighted by atomic mass is 32.1. The van der Waals surface area contributed by atoms with Crippen LogP contribution >= 0.6 is 11.3 Å². The van der Waals surface area contributed by atoms with Crippen LogP contribution in [0.25, 0.3) is 10.8 Å². The van der Waals surface area contributed by atoms with Crippen LogP contribution < -0.4 is 14.8 Å². The Kier molecular flexibility index (Phi) is 4.71. The smallest absolute Gasteiger partial charge is 0.259 e. The van der Waals surface area contributed by atoms with Gasteiger partial charge in [0.2, 0.25) is 5.89 Å². The summed E-state index contributed by atoms with van der Waals surface area (Å²) in [4.78, 5) is 14.4. The van der Waals surface area contributed by atoms with Crippen LogP contribution in [-0.4, -0.2) is 30.3 Å². The lowest BCUT2D eigenvalue weighted by Crippen LogP contribution is -2.13. The predicted molar refractivity (Wildman–Crippen MR) is 94.6 cm³/mol. The number of ether oxygens (including phenoxy) is 2. The van der Waals surface area contributed by atoms with Crippen LogP contribution in [0.5, 0.6) is 11.5 Å². The van der Waals surface area contributed by atoms with Gasteiger partial charge < -0.3 is 19.2 Å². The lowest BCUT2D eigenvalue weighted by Gasteiger charge is -2.12. The first-order valence-corrected chi connectivity index (χ1v) is 8.28. The van der Waals surface area contributed by atoms with Gasteiger partial charge in [0.15, 0.2) is 11.5 Å². The van der Waals surface area contributed by atoms with Crippen molar-refractivity contribution in [2.75, 3.05) is 19.5 Å². The molecule has 1 amide bonds. The van der Waals surface area contributed by atoms with Crippen LogP contribution in [0, 0.1) is 13.8 Å². The molecule has 1 aromatic carbocycles. The quantitative estimate of drug-likeness (QED) is 0.748. The summed E-state index contributed by atoms with van der Waals surface area (Å²) >= 11 is 1.47. The van der Waals surface area contributed by atoms with Crippen molar-refractivity contribution in [1.82, 2.24) is 10.2 Å². The number of rotatable bonds is 5. The van der Waals surface area contributed by atoms with E-state index in [4.69, 9.17) is 13.9 Å². The molecule has 0 saturated heterocycles. The molecule has 25 heavy (non-hydrogen) atoms. The Balaban J connectivity index is 1.88. The Labute approximate surface area is 148 Å². The third-order valence-corrected chi connectivity index (χ3v) is 4.59. The fourth-order valence-electron chi connectivity index (χ4n) is 2.36. The number of carbonyl (C=O) groups is 1. The van der Waals surface area contributed by atoms with Crippen molar-refractivity contribution < 1.29 is 18.7 Å². The number of nitrogens with one attached hydrogen (secondary N) is 1. The van der Waals surface area contributed by atoms with Crippen molar-refractivity contribution in [3.05, 3.63) is 40.6 Å². The first kappa shape index (κ1) is 17.0. The molecule has 0 fully saturated rings. The molecule has 2 heterocycles. The second-order valence-corrected chi connectivity index (χ2v) is 6.46. The zero-order valence-corrected chi connectivity index (χ0v) is 15.1. The molecule has 0 radical (unpaired) electrons. The third-order valence-electron chi connectivity index (χ3n) is 3.55. The minimum Gasteiger partial charge on any atom is -0.493 e. The SMILES string of the molecule is COc1cccc(C(=O)Nc2cc(-c3nnc(C)o3)sc2C)c1OC. The van der Waals surface area contributed by atoms with Crippen LogP contribution in [0.15, 0.2) is 28.7 Å². The zero-order chi connectivity index (χ0) is 18.0. The summed E-state index contributed by atoms with van der Waals surface area (Å²) in [5.41, 5.74) is 1.08. The van der Waals surface area contributed by atoms with Gasteiger partial charge in [-0.2, -0.15) is 0 Å². The number of para-hydroxylation sites is 1. The molecule has 0 aliphatic rings. The summed E-state index contributed by atoms with van der Waals surface area (Å²) in [6.45, 7) is 3.64. The second kappa shape index (κ2) is 6.94. The van der Waals surface area contributed by atoms with Crippen molar-refractivity contribution in [2.45, 2.75) is 13.8 Å². The number of carbonyl (C=O) groups excluding carboxylic acids is 1. The maximum atomic E-state index is 12.7. The average Bonchev–Trinajstić information content (AvgIpc) is 3.20. The van der Waals surface area contributed by atoms with E-state index in [1.807, 2.05) is 13.0 Å². The maximum absolute atomic E-state index is 12.7. The molecule has 130 valence electrons. The van der Waals surface area contributed by atoms with Crippen molar-refractivity contribution in [3.8, 4) is 22.3 Å². The van der Waals surface area contributed by atoms with Gasteiger partial charge >= 0.3 is 0 Å². The normalized spacial score (nSPS) is 10.6. The number of anilines is 1. The lowest BCUT2D eigenvalue weighted by atomic mass is 10.1. The Morgan fingerprint density at radius 2 is 2.00 bits per heavy atom. The molecule has 3 rings (SSSR count). The number of benzene rings is 1. The molecular formula is C17H17N3O4S. The average molecular weight is 359 g/mol. The van der Waals surface area contributed by atoms with Gasteiger partial charge in [0.1, 0.15) is 0 Å². The van der Waals surface area contributed by atoms with Crippen molar-refractivity contribution in [2.24, 2.45) is 0 Å². The minimum atomic E-state index is -0.287. The molecule has 2 aromatic heterocycles. The van der Waals surface area contributed by atoms with Crippen LogP contribution in [0.3, 0.4) is 0 Å². The highest BCUT2D eigenvalue weighted by molar-refractivity contribution is 7.15. The maximum Gasteiger partial charge on any atom is 0.259 e. The molecule has 3 aromatic rings. The van der Waals surface area contributed by atoms with E-state index in [0.29, 0.717) is 34.5 Å². The van der Waals surface area contributed by atoms with Gasteiger partial charge in [0.05, 0.1) is 30.3 Å². The van der Waals surface area contributed by atoms with Crippen molar-refractivity contribution in [1.29, 1.82) is 0 Å². The van der Waals surface area contributed by atoms with Gasteiger partial charge in [0.25, 0.3) is 11.8 Å². The van der Waals surface area contributed by atoms with Crippen molar-refractivity contribution >= 4 is 22.9 Å². The van der Waals surface area contributed by atoms with Gasteiger partial charge in [-0.15, -0.1) is 21.5 Å². The number of nitrogens with zero attached hydrogens (tertiary/aromatic N) is 2. The molecule has 0 unspecified atom stereocenters. The number of amides is 1. The van der Waals surface area contributed by atoms with Crippen molar-refractivity contribution in [3.63, 3.8) is 0 Å². The Hall–Kier alpha value is -2.87. The monoisotopic (exact) mass is 359 g/mol. The van der Waals surface area contributed by atoms with Gasteiger partial charge in [-0.1, -0.05) is 6.07 Å². The third kappa shape index (κ3) is 3.34. The van der Waals surface area contributed by atoms with E-state index in [9.17, 15) is 4.79 Å². The Morgan fingerprint density at radius 1 is 1.20 bits per heavy atom. The number of aromatic nitrogens is 2. The number of hydrogen-bond donors (Lipinski definition) is 1. The number of methoxy groups -OCH3 is 2. The standard InChI is InChI=1S/C17H17N3O4S/c1-9-12(8-14(25-9)17-20-19-10(2)24-17)18-16(21)11-6-5-7-13(22-3)15(11)23-4/h5-8H,1-4H3,(H,18,21). The Morgan fingerprint density at radius 3 is 2.64 bits per heavy atom. The van der Waals surface area contributed by atoms with Crippen LogP contribution in [0.1, 0.15) is 21.1 Å². The summed E-state index contributed by atoms with van der Waals surface area (Å²) in [5.74, 6) is 1.53. The van der Waals surface area contributed by atoms with Gasteiger partial charge in [0, 0.05) is 11.8 Å². The van der Waals surface area contributed by atoms with Crippen LogP contribution in [-0.2, 0) is 0 Å². The number of thiophene rings is 1. The summed E-state index contributed by atoms with van der Waals surface area (Å²) in [6, 6.07) is 6.98. The molecular weight excluding hydrogens is 342 g/mol. The fraction of sp³-hybridized carbons (Fsp3) is 0.235. The van der Waals surface area contributed by atoms with Gasteiger partial charge in [-0.3, -0.25) is 4.79 Å². The number of hydrogen-bond acceptors (Lipinski definition) is 7. The fourth-order valence-corrected chi connectivity index (χ4v) is 3.26. The van der Waals surface area contributed by atoms with E-state index >= 15 is 0 Å². The topological polar surface area (TPSA) is 86.5 Å². The number of aryl methyl sites for hydroxylation is 2. The van der Waals surface area contributed by atoms with Gasteiger partial charge in [-0.25, -0.2) is 0 Å². The summed E-state index contributed by atoms with van der Waals surface area (Å²) in [5, 5.41) is 10.7. The Bertz CT molecular complexity index is 917. The largest absolute Gasteiger partial charge is 0.493 e. The predicted octanol–water partition coefficient (Wildman–Crippen LogP) is 3.68. The first-order chi connectivity index (χ1) is 12.0. The van der Waals surface area contributed by atoms with E-state index in [2.05, 4.69) is 15.5 Å². The van der Waals surface area contributed by atoms with E-state index < -0.39 is 0 Å². The molecule has 1 N–H and O–H groups in total. The molecule has 0 spiro atoms. The lowest BCUT2D eigenvalue weighted by molar-refractivity contribution is 0.102. The minimum absolute atomic E-state index is 0.287. The highest BCUT2D eigenvalue weighted by Crippen LogP contribution is 2.35. The second-order valence-electron chi connectivity index (χ2n) is 5.20.